The number of amides is 1. The minimum atomic E-state index is -5.12. The molecule has 1 unspecified atom stereocenters. The molecule has 2 aromatic rings. The van der Waals surface area contributed by atoms with Gasteiger partial charge in [-0.2, -0.15) is 13.2 Å². The minimum Gasteiger partial charge on any atom is -0.493 e. The summed E-state index contributed by atoms with van der Waals surface area (Å²) in [5.74, 6) is -1.99. The van der Waals surface area contributed by atoms with Gasteiger partial charge in [0.15, 0.2) is 6.23 Å². The van der Waals surface area contributed by atoms with Gasteiger partial charge in [-0.05, 0) is 42.9 Å². The fourth-order valence-electron chi connectivity index (χ4n) is 5.39. The molecule has 0 bridgehead atoms. The summed E-state index contributed by atoms with van der Waals surface area (Å²) in [5.41, 5.74) is 0.356. The van der Waals surface area contributed by atoms with Crippen molar-refractivity contribution in [2.45, 2.75) is 58.5 Å². The highest BCUT2D eigenvalue weighted by Gasteiger charge is 2.54. The Kier molecular flexibility index (Phi) is 8.83. The van der Waals surface area contributed by atoms with E-state index >= 15 is 0 Å². The molecular weight excluding hydrogens is 516 g/mol. The lowest BCUT2D eigenvalue weighted by Crippen LogP contribution is -2.51. The molecular formula is C29H34F4N2O4. The fraction of sp³-hybridized carbons (Fsp3) is 0.517. The van der Waals surface area contributed by atoms with Crippen LogP contribution < -0.4 is 4.74 Å². The minimum absolute atomic E-state index is 0.0918. The predicted octanol–water partition coefficient (Wildman–Crippen LogP) is 5.35. The predicted molar refractivity (Wildman–Crippen MR) is 136 cm³/mol. The van der Waals surface area contributed by atoms with Crippen LogP contribution in [0.3, 0.4) is 0 Å². The van der Waals surface area contributed by atoms with E-state index < -0.39 is 29.6 Å². The molecule has 10 heteroatoms. The molecule has 4 rings (SSSR count). The molecule has 212 valence electrons. The number of hydrogen-bond donors (Lipinski definition) is 0. The SMILES string of the molecule is CC(C)COc1ccccc1CN1CCC2(CCN(C(=O)Cc3ccccc3F)CC2)C1OC(=O)C(F)(F)F. The first kappa shape index (κ1) is 28.9. The third kappa shape index (κ3) is 6.90. The van der Waals surface area contributed by atoms with Crippen molar-refractivity contribution < 1.29 is 36.6 Å². The maximum absolute atomic E-state index is 14.0. The van der Waals surface area contributed by atoms with Gasteiger partial charge in [0.05, 0.1) is 13.0 Å². The van der Waals surface area contributed by atoms with Gasteiger partial charge in [0.1, 0.15) is 11.6 Å². The lowest BCUT2D eigenvalue weighted by atomic mass is 9.76. The highest BCUT2D eigenvalue weighted by molar-refractivity contribution is 5.79. The number of ether oxygens (including phenoxy) is 2. The van der Waals surface area contributed by atoms with Crippen LogP contribution >= 0.6 is 0 Å². The van der Waals surface area contributed by atoms with Crippen LogP contribution in [0.5, 0.6) is 5.75 Å². The molecule has 0 aromatic heterocycles. The van der Waals surface area contributed by atoms with Gasteiger partial charge in [-0.25, -0.2) is 9.18 Å². The number of halogens is 4. The highest BCUT2D eigenvalue weighted by Crippen LogP contribution is 2.47. The molecule has 2 aliphatic heterocycles. The van der Waals surface area contributed by atoms with E-state index in [4.69, 9.17) is 9.47 Å². The smallest absolute Gasteiger partial charge is 0.490 e. The van der Waals surface area contributed by atoms with Crippen molar-refractivity contribution in [2.75, 3.05) is 26.2 Å². The summed E-state index contributed by atoms with van der Waals surface area (Å²) in [4.78, 5) is 28.2. The number of alkyl halides is 3. The number of benzene rings is 2. The first-order valence-corrected chi connectivity index (χ1v) is 13.2. The summed E-state index contributed by atoms with van der Waals surface area (Å²) in [7, 11) is 0. The molecule has 0 N–H and O–H groups in total. The van der Waals surface area contributed by atoms with E-state index in [9.17, 15) is 27.2 Å². The van der Waals surface area contributed by atoms with Gasteiger partial charge < -0.3 is 14.4 Å². The van der Waals surface area contributed by atoms with Gasteiger partial charge in [-0.3, -0.25) is 9.69 Å². The summed E-state index contributed by atoms with van der Waals surface area (Å²) in [6.07, 6.45) is -5.06. The zero-order valence-corrected chi connectivity index (χ0v) is 22.2. The second-order valence-corrected chi connectivity index (χ2v) is 10.8. The average molecular weight is 551 g/mol. The second kappa shape index (κ2) is 11.9. The van der Waals surface area contributed by atoms with Crippen molar-refractivity contribution in [3.05, 3.63) is 65.5 Å². The number of carbonyl (C=O) groups is 2. The zero-order valence-electron chi connectivity index (χ0n) is 22.2. The van der Waals surface area contributed by atoms with Crippen molar-refractivity contribution in [1.29, 1.82) is 0 Å². The van der Waals surface area contributed by atoms with E-state index in [1.165, 1.54) is 6.07 Å². The van der Waals surface area contributed by atoms with Crippen molar-refractivity contribution in [3.63, 3.8) is 0 Å². The van der Waals surface area contributed by atoms with Crippen molar-refractivity contribution in [3.8, 4) is 5.75 Å². The van der Waals surface area contributed by atoms with Gasteiger partial charge in [-0.15, -0.1) is 0 Å². The maximum Gasteiger partial charge on any atom is 0.490 e. The van der Waals surface area contributed by atoms with Crippen LogP contribution in [0, 0.1) is 17.2 Å². The average Bonchev–Trinajstić information content (AvgIpc) is 3.20. The number of rotatable bonds is 8. The molecule has 2 aromatic carbocycles. The number of esters is 1. The Morgan fingerprint density at radius 3 is 2.23 bits per heavy atom. The van der Waals surface area contributed by atoms with E-state index in [0.717, 1.165) is 5.56 Å². The Labute approximate surface area is 225 Å². The number of para-hydroxylation sites is 1. The number of piperidine rings is 1. The van der Waals surface area contributed by atoms with E-state index in [2.05, 4.69) is 0 Å². The topological polar surface area (TPSA) is 59.1 Å². The van der Waals surface area contributed by atoms with Crippen LogP contribution in [-0.2, 0) is 27.3 Å². The number of nitrogens with zero attached hydrogens (tertiary/aromatic N) is 2. The zero-order chi connectivity index (χ0) is 28.2. The Morgan fingerprint density at radius 1 is 0.974 bits per heavy atom. The van der Waals surface area contributed by atoms with Crippen LogP contribution in [0.1, 0.15) is 44.2 Å². The third-order valence-corrected chi connectivity index (χ3v) is 7.53. The van der Waals surface area contributed by atoms with Crippen LogP contribution in [-0.4, -0.2) is 60.3 Å². The molecule has 1 amide bonds. The molecule has 2 aliphatic rings. The molecule has 6 nitrogen and oxygen atoms in total. The fourth-order valence-corrected chi connectivity index (χ4v) is 5.39. The summed E-state index contributed by atoms with van der Waals surface area (Å²) in [5, 5.41) is 0. The summed E-state index contributed by atoms with van der Waals surface area (Å²) in [6, 6.07) is 13.4. The molecule has 0 radical (unpaired) electrons. The van der Waals surface area contributed by atoms with Crippen molar-refractivity contribution in [1.82, 2.24) is 9.80 Å². The second-order valence-electron chi connectivity index (χ2n) is 10.8. The molecule has 2 heterocycles. The van der Waals surface area contributed by atoms with E-state index in [1.54, 1.807) is 28.0 Å². The molecule has 1 atom stereocenters. The number of hydrogen-bond acceptors (Lipinski definition) is 5. The Bertz CT molecular complexity index is 1160. The Morgan fingerprint density at radius 2 is 1.59 bits per heavy atom. The largest absolute Gasteiger partial charge is 0.493 e. The summed E-state index contributed by atoms with van der Waals surface area (Å²) >= 11 is 0. The van der Waals surface area contributed by atoms with Crippen LogP contribution in [0.2, 0.25) is 0 Å². The Hall–Kier alpha value is -3.14. The van der Waals surface area contributed by atoms with Crippen LogP contribution in [0.25, 0.3) is 0 Å². The molecule has 0 aliphatic carbocycles. The van der Waals surface area contributed by atoms with E-state index in [1.807, 2.05) is 38.1 Å². The number of carbonyl (C=O) groups excluding carboxylic acids is 2. The molecule has 1 spiro atoms. The highest BCUT2D eigenvalue weighted by atomic mass is 19.4. The lowest BCUT2D eigenvalue weighted by molar-refractivity contribution is -0.220. The summed E-state index contributed by atoms with van der Waals surface area (Å²) < 4.78 is 64.9. The van der Waals surface area contributed by atoms with Gasteiger partial charge in [0, 0.05) is 37.2 Å². The standard InChI is InChI=1S/C29H34F4N2O4/c1-20(2)19-38-24-10-6-4-8-22(24)18-35-16-13-28(26(35)39-27(37)29(31,32)33)11-14-34(15-12-28)25(36)17-21-7-3-5-9-23(21)30/h3-10,20,26H,11-19H2,1-2H3. The van der Waals surface area contributed by atoms with Crippen LogP contribution in [0.15, 0.2) is 48.5 Å². The number of likely N-dealkylation sites (tertiary alicyclic amines) is 2. The van der Waals surface area contributed by atoms with E-state index in [0.29, 0.717) is 49.6 Å². The molecule has 0 saturated carbocycles. The van der Waals surface area contributed by atoms with Gasteiger partial charge in [-0.1, -0.05) is 50.2 Å². The van der Waals surface area contributed by atoms with Gasteiger partial charge in [0.2, 0.25) is 5.91 Å². The lowest BCUT2D eigenvalue weighted by Gasteiger charge is -2.43. The third-order valence-electron chi connectivity index (χ3n) is 7.53. The van der Waals surface area contributed by atoms with Crippen molar-refractivity contribution >= 4 is 11.9 Å². The van der Waals surface area contributed by atoms with Gasteiger partial charge in [0.25, 0.3) is 0 Å². The molecule has 2 fully saturated rings. The normalized spacial score (nSPS) is 19.5. The molecule has 39 heavy (non-hydrogen) atoms. The maximum atomic E-state index is 14.0. The first-order chi connectivity index (χ1) is 18.5. The summed E-state index contributed by atoms with van der Waals surface area (Å²) in [6.45, 7) is 5.79. The quantitative estimate of drug-likeness (QED) is 0.328. The Balaban J connectivity index is 1.49. The molecule has 2 saturated heterocycles. The first-order valence-electron chi connectivity index (χ1n) is 13.2. The van der Waals surface area contributed by atoms with Crippen molar-refractivity contribution in [2.24, 2.45) is 11.3 Å². The van der Waals surface area contributed by atoms with Crippen LogP contribution in [0.4, 0.5) is 17.6 Å². The van der Waals surface area contributed by atoms with Gasteiger partial charge >= 0.3 is 12.1 Å². The van der Waals surface area contributed by atoms with E-state index in [-0.39, 0.29) is 32.0 Å². The monoisotopic (exact) mass is 550 g/mol.